The van der Waals surface area contributed by atoms with Gasteiger partial charge in [0.25, 0.3) is 10.0 Å². The second-order valence-corrected chi connectivity index (χ2v) is 6.11. The summed E-state index contributed by atoms with van der Waals surface area (Å²) in [6.45, 7) is 3.27. The number of hydrogen-bond acceptors (Lipinski definition) is 5. The lowest BCUT2D eigenvalue weighted by atomic mass is 10.0. The highest BCUT2D eigenvalue weighted by atomic mass is 32.2. The zero-order chi connectivity index (χ0) is 13.3. The molecule has 1 aromatic rings. The van der Waals surface area contributed by atoms with Crippen molar-refractivity contribution in [2.45, 2.75) is 30.8 Å². The van der Waals surface area contributed by atoms with Gasteiger partial charge in [0.15, 0.2) is 10.8 Å². The van der Waals surface area contributed by atoms with E-state index in [1.807, 2.05) is 0 Å². The molecule has 0 aromatic carbocycles. The number of aromatic nitrogens is 2. The van der Waals surface area contributed by atoms with Gasteiger partial charge in [-0.2, -0.15) is 0 Å². The van der Waals surface area contributed by atoms with Gasteiger partial charge in [-0.3, -0.25) is 0 Å². The first kappa shape index (κ1) is 13.9. The van der Waals surface area contributed by atoms with E-state index in [2.05, 4.69) is 9.71 Å². The van der Waals surface area contributed by atoms with Crippen molar-refractivity contribution in [3.8, 4) is 0 Å². The Balaban J connectivity index is 3.06. The van der Waals surface area contributed by atoms with Crippen molar-refractivity contribution < 1.29 is 13.5 Å². The second kappa shape index (κ2) is 4.63. The maximum Gasteiger partial charge on any atom is 0.260 e. The van der Waals surface area contributed by atoms with Crippen LogP contribution >= 0.6 is 0 Å². The van der Waals surface area contributed by atoms with E-state index >= 15 is 0 Å². The quantitative estimate of drug-likeness (QED) is 0.659. The molecule has 0 amide bonds. The number of imidazole rings is 1. The summed E-state index contributed by atoms with van der Waals surface area (Å²) in [6, 6.07) is 0. The number of sulfonamides is 1. The molecule has 4 N–H and O–H groups in total. The summed E-state index contributed by atoms with van der Waals surface area (Å²) < 4.78 is 28.0. The Kier molecular flexibility index (Phi) is 3.80. The number of nitrogens with two attached hydrogens (primary N) is 1. The van der Waals surface area contributed by atoms with Crippen LogP contribution in [0.3, 0.4) is 0 Å². The Morgan fingerprint density at radius 1 is 1.59 bits per heavy atom. The van der Waals surface area contributed by atoms with Gasteiger partial charge in [-0.25, -0.2) is 18.1 Å². The van der Waals surface area contributed by atoms with Crippen LogP contribution in [0.25, 0.3) is 0 Å². The first-order valence-electron chi connectivity index (χ1n) is 5.11. The van der Waals surface area contributed by atoms with Gasteiger partial charge in [0.1, 0.15) is 0 Å². The molecule has 1 rings (SSSR count). The fraction of sp³-hybridized carbons (Fsp3) is 0.667. The van der Waals surface area contributed by atoms with Gasteiger partial charge < -0.3 is 15.4 Å². The van der Waals surface area contributed by atoms with Gasteiger partial charge in [-0.15, -0.1) is 0 Å². The van der Waals surface area contributed by atoms with Crippen LogP contribution in [0.4, 0.5) is 5.82 Å². The molecule has 1 heterocycles. The van der Waals surface area contributed by atoms with Crippen molar-refractivity contribution in [1.29, 1.82) is 0 Å². The molecule has 0 bridgehead atoms. The van der Waals surface area contributed by atoms with Gasteiger partial charge in [0.05, 0.1) is 6.33 Å². The number of nitrogens with one attached hydrogen (secondary N) is 1. The molecule has 0 atom stereocenters. The SMILES string of the molecule is Cn1cnc(N)c1S(=O)(=O)NC(C)(C)CCO. The third kappa shape index (κ3) is 3.18. The summed E-state index contributed by atoms with van der Waals surface area (Å²) in [5.41, 5.74) is 4.77. The Labute approximate surface area is 101 Å². The van der Waals surface area contributed by atoms with E-state index in [9.17, 15) is 8.42 Å². The topological polar surface area (TPSA) is 110 Å². The summed E-state index contributed by atoms with van der Waals surface area (Å²) in [6.07, 6.45) is 1.65. The molecule has 98 valence electrons. The lowest BCUT2D eigenvalue weighted by Crippen LogP contribution is -2.44. The van der Waals surface area contributed by atoms with E-state index in [4.69, 9.17) is 10.8 Å². The van der Waals surface area contributed by atoms with Gasteiger partial charge in [-0.05, 0) is 20.3 Å². The highest BCUT2D eigenvalue weighted by Gasteiger charge is 2.29. The number of aliphatic hydroxyl groups is 1. The molecular weight excluding hydrogens is 244 g/mol. The van der Waals surface area contributed by atoms with E-state index in [0.29, 0.717) is 6.42 Å². The molecule has 0 saturated heterocycles. The molecule has 0 saturated carbocycles. The van der Waals surface area contributed by atoms with Crippen LogP contribution in [0.1, 0.15) is 20.3 Å². The van der Waals surface area contributed by atoms with Gasteiger partial charge in [0, 0.05) is 19.2 Å². The highest BCUT2D eigenvalue weighted by Crippen LogP contribution is 2.19. The first-order valence-corrected chi connectivity index (χ1v) is 6.59. The molecule has 0 unspecified atom stereocenters. The van der Waals surface area contributed by atoms with Crippen LogP contribution in [-0.2, 0) is 17.1 Å². The minimum atomic E-state index is -3.74. The normalized spacial score (nSPS) is 12.9. The van der Waals surface area contributed by atoms with Gasteiger partial charge in [0.2, 0.25) is 0 Å². The standard InChI is InChI=1S/C9H18N4O3S/c1-9(2,4-5-14)12-17(15,16)8-7(10)11-6-13(8)3/h6,12,14H,4-5,10H2,1-3H3. The fourth-order valence-electron chi connectivity index (χ4n) is 1.51. The van der Waals surface area contributed by atoms with Crippen molar-refractivity contribution in [2.24, 2.45) is 7.05 Å². The molecule has 0 aliphatic rings. The van der Waals surface area contributed by atoms with Crippen molar-refractivity contribution in [1.82, 2.24) is 14.3 Å². The largest absolute Gasteiger partial charge is 0.396 e. The number of aryl methyl sites for hydroxylation is 1. The Morgan fingerprint density at radius 3 is 2.59 bits per heavy atom. The van der Waals surface area contributed by atoms with Crippen molar-refractivity contribution >= 4 is 15.8 Å². The highest BCUT2D eigenvalue weighted by molar-refractivity contribution is 7.89. The molecule has 17 heavy (non-hydrogen) atoms. The van der Waals surface area contributed by atoms with Crippen LogP contribution in [0.5, 0.6) is 0 Å². The Morgan fingerprint density at radius 2 is 2.18 bits per heavy atom. The molecule has 0 radical (unpaired) electrons. The predicted octanol–water partition coefficient (Wildman–Crippen LogP) is -0.558. The van der Waals surface area contributed by atoms with Gasteiger partial charge >= 0.3 is 0 Å². The summed E-state index contributed by atoms with van der Waals surface area (Å²) in [5.74, 6) is -0.0419. The molecule has 1 aromatic heterocycles. The van der Waals surface area contributed by atoms with E-state index in [-0.39, 0.29) is 17.5 Å². The number of anilines is 1. The third-order valence-corrected chi connectivity index (χ3v) is 4.14. The first-order chi connectivity index (χ1) is 7.69. The van der Waals surface area contributed by atoms with E-state index in [1.54, 1.807) is 20.9 Å². The minimum Gasteiger partial charge on any atom is -0.396 e. The molecular formula is C9H18N4O3S. The number of nitrogens with zero attached hydrogens (tertiary/aromatic N) is 2. The van der Waals surface area contributed by atoms with Crippen LogP contribution in [-0.4, -0.2) is 35.2 Å². The average molecular weight is 262 g/mol. The second-order valence-electron chi connectivity index (χ2n) is 4.51. The van der Waals surface area contributed by atoms with Crippen molar-refractivity contribution in [2.75, 3.05) is 12.3 Å². The molecule has 7 nitrogen and oxygen atoms in total. The van der Waals surface area contributed by atoms with Crippen LogP contribution in [0, 0.1) is 0 Å². The zero-order valence-corrected chi connectivity index (χ0v) is 11.0. The maximum atomic E-state index is 12.1. The fourth-order valence-corrected chi connectivity index (χ4v) is 3.19. The Hall–Kier alpha value is -1.12. The lowest BCUT2D eigenvalue weighted by molar-refractivity contribution is 0.245. The molecule has 0 aliphatic carbocycles. The summed E-state index contributed by atoms with van der Waals surface area (Å²) in [4.78, 5) is 3.73. The van der Waals surface area contributed by atoms with E-state index in [0.717, 1.165) is 0 Å². The molecule has 0 fully saturated rings. The number of rotatable bonds is 5. The summed E-state index contributed by atoms with van der Waals surface area (Å²) in [5, 5.41) is 8.80. The van der Waals surface area contributed by atoms with Crippen LogP contribution in [0.2, 0.25) is 0 Å². The van der Waals surface area contributed by atoms with Crippen LogP contribution < -0.4 is 10.5 Å². The molecule has 0 aliphatic heterocycles. The molecule has 0 spiro atoms. The van der Waals surface area contributed by atoms with Crippen molar-refractivity contribution in [3.05, 3.63) is 6.33 Å². The summed E-state index contributed by atoms with van der Waals surface area (Å²) in [7, 11) is -2.19. The maximum absolute atomic E-state index is 12.1. The lowest BCUT2D eigenvalue weighted by Gasteiger charge is -2.24. The predicted molar refractivity (Wildman–Crippen MR) is 63.7 cm³/mol. The number of nitrogen functional groups attached to an aromatic ring is 1. The van der Waals surface area contributed by atoms with Gasteiger partial charge in [-0.1, -0.05) is 0 Å². The van der Waals surface area contributed by atoms with E-state index < -0.39 is 15.6 Å². The number of aliphatic hydroxyl groups excluding tert-OH is 1. The van der Waals surface area contributed by atoms with Crippen LogP contribution in [0.15, 0.2) is 11.4 Å². The Bertz CT molecular complexity index is 473. The van der Waals surface area contributed by atoms with Crippen molar-refractivity contribution in [3.63, 3.8) is 0 Å². The third-order valence-electron chi connectivity index (χ3n) is 2.31. The molecule has 8 heteroatoms. The average Bonchev–Trinajstić information content (AvgIpc) is 2.43. The minimum absolute atomic E-state index is 0.0419. The number of hydrogen-bond donors (Lipinski definition) is 3. The van der Waals surface area contributed by atoms with E-state index in [1.165, 1.54) is 10.9 Å². The summed E-state index contributed by atoms with van der Waals surface area (Å²) >= 11 is 0. The zero-order valence-electron chi connectivity index (χ0n) is 10.1. The monoisotopic (exact) mass is 262 g/mol. The smallest absolute Gasteiger partial charge is 0.260 e.